The largest absolute Gasteiger partial charge is 0.495 e. The molecule has 2 heterocycles. The summed E-state index contributed by atoms with van der Waals surface area (Å²) in [6.45, 7) is 0.832. The number of carbonyl (C=O) groups excluding carboxylic acids is 2. The number of carbonyl (C=O) groups is 2. The van der Waals surface area contributed by atoms with E-state index in [-0.39, 0.29) is 18.6 Å². The zero-order valence-corrected chi connectivity index (χ0v) is 15.0. The molecule has 9 nitrogen and oxygen atoms in total. The van der Waals surface area contributed by atoms with E-state index in [1.54, 1.807) is 18.2 Å². The topological polar surface area (TPSA) is 106 Å². The van der Waals surface area contributed by atoms with Gasteiger partial charge >= 0.3 is 6.03 Å². The van der Waals surface area contributed by atoms with Crippen LogP contribution in [0.4, 0.5) is 16.3 Å². The van der Waals surface area contributed by atoms with Crippen LogP contribution in [0.2, 0.25) is 0 Å². The molecule has 9 heteroatoms. The maximum absolute atomic E-state index is 12.8. The van der Waals surface area contributed by atoms with Crippen molar-refractivity contribution in [3.8, 4) is 5.75 Å². The minimum atomic E-state index is -0.412. The SMILES string of the molecule is COc1ccccc1NC(=O)N(CC(=O)Nc1ccon1)CC1CCCO1. The fraction of sp³-hybridized carbons (Fsp3) is 0.389. The van der Waals surface area contributed by atoms with Gasteiger partial charge < -0.3 is 29.5 Å². The Morgan fingerprint density at radius 3 is 2.85 bits per heavy atom. The quantitative estimate of drug-likeness (QED) is 0.770. The van der Waals surface area contributed by atoms with Crippen LogP contribution in [0.1, 0.15) is 12.8 Å². The molecule has 2 N–H and O–H groups in total. The summed E-state index contributed by atoms with van der Waals surface area (Å²) in [6, 6.07) is 8.19. The average molecular weight is 374 g/mol. The molecule has 1 aliphatic heterocycles. The van der Waals surface area contributed by atoms with Crippen LogP contribution in [0.15, 0.2) is 41.1 Å². The van der Waals surface area contributed by atoms with Crippen molar-refractivity contribution in [1.29, 1.82) is 0 Å². The Labute approximate surface area is 156 Å². The molecule has 1 aromatic heterocycles. The van der Waals surface area contributed by atoms with Crippen molar-refractivity contribution in [2.45, 2.75) is 18.9 Å². The number of nitrogens with zero attached hydrogens (tertiary/aromatic N) is 2. The highest BCUT2D eigenvalue weighted by Gasteiger charge is 2.25. The van der Waals surface area contributed by atoms with Crippen LogP contribution in [-0.4, -0.2) is 54.9 Å². The van der Waals surface area contributed by atoms with Crippen molar-refractivity contribution >= 4 is 23.4 Å². The maximum atomic E-state index is 12.8. The van der Waals surface area contributed by atoms with Gasteiger partial charge in [0, 0.05) is 19.2 Å². The molecular formula is C18H22N4O5. The molecule has 0 bridgehead atoms. The van der Waals surface area contributed by atoms with Gasteiger partial charge in [0.15, 0.2) is 5.82 Å². The van der Waals surface area contributed by atoms with Crippen molar-refractivity contribution in [3.63, 3.8) is 0 Å². The molecule has 1 fully saturated rings. The molecule has 144 valence electrons. The normalized spacial score (nSPS) is 16.0. The highest BCUT2D eigenvalue weighted by atomic mass is 16.5. The Kier molecular flexibility index (Phi) is 6.26. The third-order valence-electron chi connectivity index (χ3n) is 4.12. The zero-order chi connectivity index (χ0) is 19.1. The van der Waals surface area contributed by atoms with E-state index < -0.39 is 6.03 Å². The summed E-state index contributed by atoms with van der Waals surface area (Å²) in [6.07, 6.45) is 3.06. The summed E-state index contributed by atoms with van der Waals surface area (Å²) < 4.78 is 15.6. The molecule has 3 rings (SSSR count). The first-order valence-corrected chi connectivity index (χ1v) is 8.66. The van der Waals surface area contributed by atoms with Gasteiger partial charge in [0.05, 0.1) is 18.9 Å². The lowest BCUT2D eigenvalue weighted by atomic mass is 10.2. The molecule has 1 aromatic carbocycles. The smallest absolute Gasteiger partial charge is 0.322 e. The highest BCUT2D eigenvalue weighted by molar-refractivity contribution is 5.97. The molecule has 0 radical (unpaired) electrons. The Balaban J connectivity index is 1.67. The number of benzene rings is 1. The average Bonchev–Trinajstić information content (AvgIpc) is 3.35. The van der Waals surface area contributed by atoms with E-state index in [1.807, 2.05) is 6.07 Å². The number of aromatic nitrogens is 1. The number of nitrogens with one attached hydrogen (secondary N) is 2. The summed E-state index contributed by atoms with van der Waals surface area (Å²) >= 11 is 0. The first-order valence-electron chi connectivity index (χ1n) is 8.66. The second-order valence-electron chi connectivity index (χ2n) is 6.08. The monoisotopic (exact) mass is 374 g/mol. The summed E-state index contributed by atoms with van der Waals surface area (Å²) in [4.78, 5) is 26.5. The Morgan fingerprint density at radius 1 is 1.30 bits per heavy atom. The molecule has 1 aliphatic rings. The molecular weight excluding hydrogens is 352 g/mol. The van der Waals surface area contributed by atoms with Crippen LogP contribution in [0.25, 0.3) is 0 Å². The molecule has 0 spiro atoms. The van der Waals surface area contributed by atoms with Gasteiger partial charge in [-0.2, -0.15) is 0 Å². The first kappa shape index (κ1) is 18.7. The molecule has 0 saturated carbocycles. The van der Waals surface area contributed by atoms with Crippen molar-refractivity contribution in [2.24, 2.45) is 0 Å². The van der Waals surface area contributed by atoms with Crippen LogP contribution in [0, 0.1) is 0 Å². The van der Waals surface area contributed by atoms with Crippen LogP contribution < -0.4 is 15.4 Å². The Bertz CT molecular complexity index is 759. The number of hydrogen-bond donors (Lipinski definition) is 2. The molecule has 3 amide bonds. The zero-order valence-electron chi connectivity index (χ0n) is 15.0. The van der Waals surface area contributed by atoms with Crippen LogP contribution in [0.5, 0.6) is 5.75 Å². The van der Waals surface area contributed by atoms with Gasteiger partial charge in [-0.15, -0.1) is 0 Å². The number of rotatable bonds is 7. The van der Waals surface area contributed by atoms with Crippen LogP contribution >= 0.6 is 0 Å². The van der Waals surface area contributed by atoms with Gasteiger partial charge in [0.1, 0.15) is 18.6 Å². The van der Waals surface area contributed by atoms with Crippen molar-refractivity contribution < 1.29 is 23.6 Å². The molecule has 1 atom stereocenters. The number of urea groups is 1. The standard InChI is InChI=1S/C18H22N4O5/c1-25-15-7-3-2-6-14(15)19-18(24)22(11-13-5-4-9-26-13)12-17(23)20-16-8-10-27-21-16/h2-3,6-8,10,13H,4-5,9,11-12H2,1H3,(H,19,24)(H,20,21,23). The molecule has 27 heavy (non-hydrogen) atoms. The second kappa shape index (κ2) is 9.04. The minimum absolute atomic E-state index is 0.0896. The maximum Gasteiger partial charge on any atom is 0.322 e. The van der Waals surface area contributed by atoms with Crippen molar-refractivity contribution in [1.82, 2.24) is 10.1 Å². The summed E-state index contributed by atoms with van der Waals surface area (Å²) in [5, 5.41) is 9.01. The van der Waals surface area contributed by atoms with Gasteiger partial charge in [-0.25, -0.2) is 4.79 Å². The number of anilines is 2. The van der Waals surface area contributed by atoms with E-state index in [4.69, 9.17) is 9.47 Å². The van der Waals surface area contributed by atoms with Gasteiger partial charge in [-0.3, -0.25) is 4.79 Å². The predicted octanol–water partition coefficient (Wildman–Crippen LogP) is 2.33. The fourth-order valence-corrected chi connectivity index (χ4v) is 2.83. The third-order valence-corrected chi connectivity index (χ3v) is 4.12. The molecule has 1 saturated heterocycles. The van der Waals surface area contributed by atoms with Gasteiger partial charge in [-0.05, 0) is 25.0 Å². The van der Waals surface area contributed by atoms with E-state index in [0.29, 0.717) is 30.4 Å². The lowest BCUT2D eigenvalue weighted by Crippen LogP contribution is -2.44. The van der Waals surface area contributed by atoms with Gasteiger partial charge in [-0.1, -0.05) is 17.3 Å². The lowest BCUT2D eigenvalue weighted by molar-refractivity contribution is -0.117. The van der Waals surface area contributed by atoms with Gasteiger partial charge in [0.25, 0.3) is 0 Å². The van der Waals surface area contributed by atoms with E-state index in [2.05, 4.69) is 20.3 Å². The number of ether oxygens (including phenoxy) is 2. The number of hydrogen-bond acceptors (Lipinski definition) is 6. The van der Waals surface area contributed by atoms with E-state index in [9.17, 15) is 9.59 Å². The van der Waals surface area contributed by atoms with Crippen LogP contribution in [0.3, 0.4) is 0 Å². The van der Waals surface area contributed by atoms with E-state index in [1.165, 1.54) is 24.3 Å². The number of amides is 3. The second-order valence-corrected chi connectivity index (χ2v) is 6.08. The van der Waals surface area contributed by atoms with E-state index in [0.717, 1.165) is 12.8 Å². The highest BCUT2D eigenvalue weighted by Crippen LogP contribution is 2.23. The summed E-state index contributed by atoms with van der Waals surface area (Å²) in [5.74, 6) is 0.453. The fourth-order valence-electron chi connectivity index (χ4n) is 2.83. The predicted molar refractivity (Wildman–Crippen MR) is 97.7 cm³/mol. The van der Waals surface area contributed by atoms with Crippen molar-refractivity contribution in [2.75, 3.05) is 37.4 Å². The Hall–Kier alpha value is -3.07. The third kappa shape index (κ3) is 5.20. The van der Waals surface area contributed by atoms with Gasteiger partial charge in [0.2, 0.25) is 5.91 Å². The van der Waals surface area contributed by atoms with Crippen LogP contribution in [-0.2, 0) is 9.53 Å². The molecule has 1 unspecified atom stereocenters. The summed E-state index contributed by atoms with van der Waals surface area (Å²) in [5.41, 5.74) is 0.527. The first-order chi connectivity index (χ1) is 13.2. The molecule has 0 aliphatic carbocycles. The lowest BCUT2D eigenvalue weighted by Gasteiger charge is -2.25. The number of para-hydroxylation sites is 2. The number of methoxy groups -OCH3 is 1. The minimum Gasteiger partial charge on any atom is -0.495 e. The molecule has 2 aromatic rings. The van der Waals surface area contributed by atoms with E-state index >= 15 is 0 Å². The summed E-state index contributed by atoms with van der Waals surface area (Å²) in [7, 11) is 1.53. The van der Waals surface area contributed by atoms with Crippen molar-refractivity contribution in [3.05, 3.63) is 36.6 Å². The Morgan fingerprint density at radius 2 is 2.15 bits per heavy atom.